The number of hydrogen-bond donors (Lipinski definition) is 2. The average molecular weight is 221 g/mol. The van der Waals surface area contributed by atoms with Crippen molar-refractivity contribution in [1.29, 1.82) is 0 Å². The van der Waals surface area contributed by atoms with E-state index in [1.807, 2.05) is 0 Å². The van der Waals surface area contributed by atoms with Crippen molar-refractivity contribution in [2.24, 2.45) is 5.73 Å². The van der Waals surface area contributed by atoms with Crippen molar-refractivity contribution in [3.05, 3.63) is 17.6 Å². The zero-order valence-corrected chi connectivity index (χ0v) is 9.90. The number of nitrogens with zero attached hydrogens (tertiary/aromatic N) is 3. The van der Waals surface area contributed by atoms with Gasteiger partial charge in [0, 0.05) is 31.2 Å². The second-order valence-electron chi connectivity index (χ2n) is 4.42. The van der Waals surface area contributed by atoms with Gasteiger partial charge in [0.05, 0.1) is 5.69 Å². The number of anilines is 1. The van der Waals surface area contributed by atoms with Gasteiger partial charge in [0.2, 0.25) is 0 Å². The topological polar surface area (TPSA) is 67.1 Å². The third-order valence-corrected chi connectivity index (χ3v) is 2.93. The van der Waals surface area contributed by atoms with Gasteiger partial charge in [-0.1, -0.05) is 0 Å². The molecule has 1 aromatic rings. The number of likely N-dealkylation sites (N-methyl/N-ethyl adjacent to an activating group) is 1. The molecule has 0 radical (unpaired) electrons. The summed E-state index contributed by atoms with van der Waals surface area (Å²) in [5.74, 6) is 0.955. The lowest BCUT2D eigenvalue weighted by atomic mass is 10.1. The number of nitrogens with two attached hydrogens (primary N) is 1. The van der Waals surface area contributed by atoms with E-state index in [4.69, 9.17) is 5.73 Å². The Labute approximate surface area is 96.1 Å². The lowest BCUT2D eigenvalue weighted by Crippen LogP contribution is -2.31. The fourth-order valence-electron chi connectivity index (χ4n) is 1.90. The Morgan fingerprint density at radius 1 is 1.56 bits per heavy atom. The van der Waals surface area contributed by atoms with Crippen LogP contribution in [0.2, 0.25) is 0 Å². The molecule has 0 saturated carbocycles. The molecule has 1 unspecified atom stereocenters. The molecule has 1 aliphatic rings. The quantitative estimate of drug-likeness (QED) is 0.764. The van der Waals surface area contributed by atoms with Gasteiger partial charge in [-0.15, -0.1) is 0 Å². The summed E-state index contributed by atoms with van der Waals surface area (Å²) in [6.45, 7) is 4.64. The smallest absolute Gasteiger partial charge is 0.133 e. The van der Waals surface area contributed by atoms with Gasteiger partial charge in [0.1, 0.15) is 12.1 Å². The Bertz CT molecular complexity index is 365. The summed E-state index contributed by atoms with van der Waals surface area (Å²) in [5.41, 5.74) is 7.99. The van der Waals surface area contributed by atoms with Crippen LogP contribution in [0.3, 0.4) is 0 Å². The van der Waals surface area contributed by atoms with E-state index in [1.54, 1.807) is 6.33 Å². The van der Waals surface area contributed by atoms with Gasteiger partial charge in [-0.25, -0.2) is 9.97 Å². The van der Waals surface area contributed by atoms with Crippen LogP contribution in [0, 0.1) is 0 Å². The van der Waals surface area contributed by atoms with Gasteiger partial charge >= 0.3 is 0 Å². The first kappa shape index (κ1) is 11.3. The van der Waals surface area contributed by atoms with Crippen molar-refractivity contribution in [2.75, 3.05) is 25.5 Å². The van der Waals surface area contributed by atoms with Crippen LogP contribution in [-0.2, 0) is 13.0 Å². The summed E-state index contributed by atoms with van der Waals surface area (Å²) in [5, 5.41) is 3.34. The highest BCUT2D eigenvalue weighted by atomic mass is 15.1. The fraction of sp³-hybridized carbons (Fsp3) is 0.636. The summed E-state index contributed by atoms with van der Waals surface area (Å²) in [6.07, 6.45) is 2.63. The van der Waals surface area contributed by atoms with Gasteiger partial charge in [-0.05, 0) is 20.4 Å². The second kappa shape index (κ2) is 4.76. The van der Waals surface area contributed by atoms with Crippen molar-refractivity contribution in [3.63, 3.8) is 0 Å². The summed E-state index contributed by atoms with van der Waals surface area (Å²) in [7, 11) is 2.11. The van der Waals surface area contributed by atoms with Crippen LogP contribution >= 0.6 is 0 Å². The van der Waals surface area contributed by atoms with E-state index >= 15 is 0 Å². The normalized spacial score (nSPS) is 17.9. The Balaban J connectivity index is 2.23. The lowest BCUT2D eigenvalue weighted by Gasteiger charge is -2.26. The Hall–Kier alpha value is -1.20. The SMILES string of the molecule is CC(CN)Nc1ncnc2c1CCN(C)C2. The van der Waals surface area contributed by atoms with E-state index in [0.29, 0.717) is 6.54 Å². The van der Waals surface area contributed by atoms with Gasteiger partial charge < -0.3 is 16.0 Å². The molecule has 5 nitrogen and oxygen atoms in total. The molecule has 0 saturated heterocycles. The van der Waals surface area contributed by atoms with Gasteiger partial charge in [0.25, 0.3) is 0 Å². The molecule has 1 aliphatic heterocycles. The van der Waals surface area contributed by atoms with Crippen molar-refractivity contribution in [1.82, 2.24) is 14.9 Å². The van der Waals surface area contributed by atoms with Gasteiger partial charge in [0.15, 0.2) is 0 Å². The molecule has 1 aromatic heterocycles. The Kier molecular flexibility index (Phi) is 3.36. The van der Waals surface area contributed by atoms with E-state index in [2.05, 4.69) is 34.2 Å². The maximum atomic E-state index is 5.60. The number of aromatic nitrogens is 2. The third kappa shape index (κ3) is 2.31. The molecule has 16 heavy (non-hydrogen) atoms. The molecule has 1 atom stereocenters. The minimum absolute atomic E-state index is 0.249. The molecule has 2 rings (SSSR count). The molecule has 0 bridgehead atoms. The first-order chi connectivity index (χ1) is 7.70. The molecular formula is C11H19N5. The molecule has 0 amide bonds. The van der Waals surface area contributed by atoms with E-state index in [0.717, 1.165) is 31.0 Å². The Morgan fingerprint density at radius 2 is 2.38 bits per heavy atom. The van der Waals surface area contributed by atoms with Crippen LogP contribution in [0.5, 0.6) is 0 Å². The highest BCUT2D eigenvalue weighted by Crippen LogP contribution is 2.21. The van der Waals surface area contributed by atoms with Crippen LogP contribution in [-0.4, -0.2) is 41.0 Å². The number of fused-ring (bicyclic) bond motifs is 1. The second-order valence-corrected chi connectivity index (χ2v) is 4.42. The maximum absolute atomic E-state index is 5.60. The van der Waals surface area contributed by atoms with Crippen molar-refractivity contribution in [3.8, 4) is 0 Å². The zero-order chi connectivity index (χ0) is 11.5. The van der Waals surface area contributed by atoms with Crippen LogP contribution in [0.1, 0.15) is 18.2 Å². The predicted octanol–water partition coefficient (Wildman–Crippen LogP) is 0.224. The fourth-order valence-corrected chi connectivity index (χ4v) is 1.90. The molecule has 5 heteroatoms. The summed E-state index contributed by atoms with van der Waals surface area (Å²) in [4.78, 5) is 10.9. The van der Waals surface area contributed by atoms with Crippen LogP contribution < -0.4 is 11.1 Å². The summed E-state index contributed by atoms with van der Waals surface area (Å²) in [6, 6.07) is 0.249. The molecule has 0 spiro atoms. The first-order valence-corrected chi connectivity index (χ1v) is 5.68. The van der Waals surface area contributed by atoms with E-state index < -0.39 is 0 Å². The molecule has 0 aliphatic carbocycles. The average Bonchev–Trinajstić information content (AvgIpc) is 2.28. The number of hydrogen-bond acceptors (Lipinski definition) is 5. The minimum atomic E-state index is 0.249. The third-order valence-electron chi connectivity index (χ3n) is 2.93. The number of nitrogens with one attached hydrogen (secondary N) is 1. The van der Waals surface area contributed by atoms with Crippen molar-refractivity contribution < 1.29 is 0 Å². The summed E-state index contributed by atoms with van der Waals surface area (Å²) < 4.78 is 0. The first-order valence-electron chi connectivity index (χ1n) is 5.68. The van der Waals surface area contributed by atoms with Crippen molar-refractivity contribution in [2.45, 2.75) is 25.9 Å². The highest BCUT2D eigenvalue weighted by molar-refractivity contribution is 5.47. The standard InChI is InChI=1S/C11H19N5/c1-8(5-12)15-11-9-3-4-16(2)6-10(9)13-7-14-11/h7-8H,3-6,12H2,1-2H3,(H,13,14,15). The van der Waals surface area contributed by atoms with Gasteiger partial charge in [-0.3, -0.25) is 0 Å². The van der Waals surface area contributed by atoms with E-state index in [-0.39, 0.29) is 6.04 Å². The lowest BCUT2D eigenvalue weighted by molar-refractivity contribution is 0.307. The number of rotatable bonds is 3. The molecule has 2 heterocycles. The van der Waals surface area contributed by atoms with Crippen LogP contribution in [0.4, 0.5) is 5.82 Å². The molecule has 0 fully saturated rings. The maximum Gasteiger partial charge on any atom is 0.133 e. The summed E-state index contributed by atoms with van der Waals surface area (Å²) >= 11 is 0. The molecular weight excluding hydrogens is 202 g/mol. The largest absolute Gasteiger partial charge is 0.366 e. The van der Waals surface area contributed by atoms with E-state index in [1.165, 1.54) is 5.56 Å². The van der Waals surface area contributed by atoms with Crippen molar-refractivity contribution >= 4 is 5.82 Å². The van der Waals surface area contributed by atoms with Crippen LogP contribution in [0.15, 0.2) is 6.33 Å². The molecule has 0 aromatic carbocycles. The van der Waals surface area contributed by atoms with Gasteiger partial charge in [-0.2, -0.15) is 0 Å². The minimum Gasteiger partial charge on any atom is -0.366 e. The Morgan fingerprint density at radius 3 is 3.12 bits per heavy atom. The predicted molar refractivity (Wildman–Crippen MR) is 64.2 cm³/mol. The zero-order valence-electron chi connectivity index (χ0n) is 9.90. The highest BCUT2D eigenvalue weighted by Gasteiger charge is 2.18. The molecule has 3 N–H and O–H groups in total. The van der Waals surface area contributed by atoms with Crippen LogP contribution in [0.25, 0.3) is 0 Å². The molecule has 88 valence electrons. The monoisotopic (exact) mass is 221 g/mol. The van der Waals surface area contributed by atoms with E-state index in [9.17, 15) is 0 Å².